The van der Waals surface area contributed by atoms with Crippen LogP contribution in [0.25, 0.3) is 22.8 Å². The molecule has 4 nitrogen and oxygen atoms in total. The van der Waals surface area contributed by atoms with Crippen molar-refractivity contribution in [3.05, 3.63) is 52.5 Å². The summed E-state index contributed by atoms with van der Waals surface area (Å²) in [5.74, 6) is 0.815. The molecule has 0 saturated carbocycles. The molecule has 1 aromatic heterocycles. The molecule has 2 aromatic carbocycles. The van der Waals surface area contributed by atoms with Crippen molar-refractivity contribution < 1.29 is 4.52 Å². The van der Waals surface area contributed by atoms with Crippen LogP contribution in [0.3, 0.4) is 0 Å². The fourth-order valence-electron chi connectivity index (χ4n) is 1.82. The Bertz CT molecular complexity index is 750. The molecule has 0 aliphatic rings. The molecule has 3 aromatic rings. The van der Waals surface area contributed by atoms with Gasteiger partial charge in [-0.3, -0.25) is 0 Å². The van der Waals surface area contributed by atoms with Crippen LogP contribution in [0.15, 0.2) is 47.0 Å². The van der Waals surface area contributed by atoms with E-state index in [2.05, 4.69) is 10.1 Å². The molecule has 0 spiro atoms. The molecule has 0 amide bonds. The summed E-state index contributed by atoms with van der Waals surface area (Å²) in [5.41, 5.74) is 7.74. The highest BCUT2D eigenvalue weighted by Gasteiger charge is 2.11. The van der Waals surface area contributed by atoms with Crippen molar-refractivity contribution >= 4 is 28.9 Å². The van der Waals surface area contributed by atoms with E-state index >= 15 is 0 Å². The van der Waals surface area contributed by atoms with Crippen LogP contribution in [-0.2, 0) is 0 Å². The first-order valence-corrected chi connectivity index (χ1v) is 6.53. The van der Waals surface area contributed by atoms with E-state index in [9.17, 15) is 0 Å². The largest absolute Gasteiger partial charge is 0.399 e. The molecule has 0 aliphatic heterocycles. The highest BCUT2D eigenvalue weighted by molar-refractivity contribution is 6.31. The second kappa shape index (κ2) is 5.15. The lowest BCUT2D eigenvalue weighted by Crippen LogP contribution is -1.86. The van der Waals surface area contributed by atoms with Crippen LogP contribution in [0.5, 0.6) is 0 Å². The Kier molecular flexibility index (Phi) is 3.34. The molecule has 0 saturated heterocycles. The summed E-state index contributed by atoms with van der Waals surface area (Å²) >= 11 is 11.9. The number of halogens is 2. The quantitative estimate of drug-likeness (QED) is 0.717. The van der Waals surface area contributed by atoms with Gasteiger partial charge < -0.3 is 10.3 Å². The zero-order valence-corrected chi connectivity index (χ0v) is 11.7. The molecule has 1 heterocycles. The zero-order chi connectivity index (χ0) is 14.1. The number of hydrogen-bond donors (Lipinski definition) is 1. The second-order valence-electron chi connectivity index (χ2n) is 4.21. The number of hydrogen-bond acceptors (Lipinski definition) is 4. The Morgan fingerprint density at radius 3 is 2.50 bits per heavy atom. The van der Waals surface area contributed by atoms with Crippen LogP contribution in [0.2, 0.25) is 10.0 Å². The lowest BCUT2D eigenvalue weighted by Gasteiger charge is -1.98. The van der Waals surface area contributed by atoms with Crippen molar-refractivity contribution in [2.75, 3.05) is 5.73 Å². The predicted molar refractivity (Wildman–Crippen MR) is 79.6 cm³/mol. The summed E-state index contributed by atoms with van der Waals surface area (Å²) < 4.78 is 5.24. The molecule has 2 N–H and O–H groups in total. The summed E-state index contributed by atoms with van der Waals surface area (Å²) in [7, 11) is 0. The van der Waals surface area contributed by atoms with Gasteiger partial charge in [0.15, 0.2) is 0 Å². The molecule has 6 heteroatoms. The Hall–Kier alpha value is -2.04. The fraction of sp³-hybridized carbons (Fsp3) is 0. The maximum absolute atomic E-state index is 5.96. The minimum Gasteiger partial charge on any atom is -0.399 e. The van der Waals surface area contributed by atoms with E-state index < -0.39 is 0 Å². The SMILES string of the molecule is Nc1cc(Cl)cc(-c2nc(-c3cccc(Cl)c3)no2)c1. The minimum atomic E-state index is 0.356. The van der Waals surface area contributed by atoms with Gasteiger partial charge in [0, 0.05) is 26.9 Å². The third-order valence-electron chi connectivity index (χ3n) is 2.68. The monoisotopic (exact) mass is 305 g/mol. The van der Waals surface area contributed by atoms with Gasteiger partial charge >= 0.3 is 0 Å². The van der Waals surface area contributed by atoms with E-state index in [0.717, 1.165) is 5.56 Å². The molecular weight excluding hydrogens is 297 g/mol. The van der Waals surface area contributed by atoms with Gasteiger partial charge in [-0.15, -0.1) is 0 Å². The first kappa shape index (κ1) is 13.0. The summed E-state index contributed by atoms with van der Waals surface area (Å²) in [5, 5.41) is 5.06. The number of nitrogen functional groups attached to an aromatic ring is 1. The third kappa shape index (κ3) is 2.61. The molecule has 100 valence electrons. The van der Waals surface area contributed by atoms with Crippen molar-refractivity contribution in [2.24, 2.45) is 0 Å². The van der Waals surface area contributed by atoms with Crippen LogP contribution in [-0.4, -0.2) is 10.1 Å². The van der Waals surface area contributed by atoms with E-state index in [4.69, 9.17) is 33.5 Å². The number of nitrogens with zero attached hydrogens (tertiary/aromatic N) is 2. The number of aromatic nitrogens is 2. The Morgan fingerprint density at radius 1 is 0.950 bits per heavy atom. The molecule has 0 unspecified atom stereocenters. The Balaban J connectivity index is 2.02. The van der Waals surface area contributed by atoms with Gasteiger partial charge in [0.2, 0.25) is 5.82 Å². The lowest BCUT2D eigenvalue weighted by molar-refractivity contribution is 0.432. The standard InChI is InChI=1S/C14H9Cl2N3O/c15-10-3-1-2-8(4-10)13-18-14(20-19-13)9-5-11(16)7-12(17)6-9/h1-7H,17H2. The van der Waals surface area contributed by atoms with Crippen LogP contribution in [0, 0.1) is 0 Å². The van der Waals surface area contributed by atoms with E-state index in [-0.39, 0.29) is 0 Å². The van der Waals surface area contributed by atoms with Crippen molar-refractivity contribution in [2.45, 2.75) is 0 Å². The zero-order valence-electron chi connectivity index (χ0n) is 10.2. The van der Waals surface area contributed by atoms with Gasteiger partial charge in [-0.05, 0) is 30.3 Å². The molecule has 0 radical (unpaired) electrons. The topological polar surface area (TPSA) is 64.9 Å². The number of rotatable bonds is 2. The van der Waals surface area contributed by atoms with Gasteiger partial charge in [0.1, 0.15) is 0 Å². The normalized spacial score (nSPS) is 10.7. The summed E-state index contributed by atoms with van der Waals surface area (Å²) in [4.78, 5) is 4.32. The van der Waals surface area contributed by atoms with Gasteiger partial charge in [-0.1, -0.05) is 40.5 Å². The van der Waals surface area contributed by atoms with Crippen molar-refractivity contribution in [3.63, 3.8) is 0 Å². The Labute approximate surface area is 125 Å². The lowest BCUT2D eigenvalue weighted by atomic mass is 10.2. The van der Waals surface area contributed by atoms with Gasteiger partial charge in [-0.25, -0.2) is 0 Å². The van der Waals surface area contributed by atoms with Crippen molar-refractivity contribution in [1.29, 1.82) is 0 Å². The van der Waals surface area contributed by atoms with Gasteiger partial charge in [0.05, 0.1) is 0 Å². The maximum atomic E-state index is 5.96. The third-order valence-corrected chi connectivity index (χ3v) is 3.13. The predicted octanol–water partition coefficient (Wildman–Crippen LogP) is 4.29. The van der Waals surface area contributed by atoms with Crippen molar-refractivity contribution in [1.82, 2.24) is 10.1 Å². The fourth-order valence-corrected chi connectivity index (χ4v) is 2.26. The van der Waals surface area contributed by atoms with E-state index in [1.807, 2.05) is 12.1 Å². The number of benzene rings is 2. The van der Waals surface area contributed by atoms with E-state index in [1.54, 1.807) is 30.3 Å². The summed E-state index contributed by atoms with van der Waals surface area (Å²) in [6.45, 7) is 0. The average molecular weight is 306 g/mol. The summed E-state index contributed by atoms with van der Waals surface area (Å²) in [6.07, 6.45) is 0. The first-order chi connectivity index (χ1) is 9.61. The van der Waals surface area contributed by atoms with Crippen LogP contribution in [0.1, 0.15) is 0 Å². The highest BCUT2D eigenvalue weighted by Crippen LogP contribution is 2.27. The maximum Gasteiger partial charge on any atom is 0.258 e. The number of nitrogens with two attached hydrogens (primary N) is 1. The summed E-state index contributed by atoms with van der Waals surface area (Å²) in [6, 6.07) is 12.3. The molecule has 3 rings (SSSR count). The van der Waals surface area contributed by atoms with E-state index in [1.165, 1.54) is 0 Å². The van der Waals surface area contributed by atoms with Gasteiger partial charge in [0.25, 0.3) is 5.89 Å². The van der Waals surface area contributed by atoms with Crippen molar-refractivity contribution in [3.8, 4) is 22.8 Å². The molecule has 0 bridgehead atoms. The average Bonchev–Trinajstić information content (AvgIpc) is 2.87. The molecule has 0 aliphatic carbocycles. The second-order valence-corrected chi connectivity index (χ2v) is 5.08. The van der Waals surface area contributed by atoms with Crippen LogP contribution < -0.4 is 5.73 Å². The Morgan fingerprint density at radius 2 is 1.75 bits per heavy atom. The molecule has 0 atom stereocenters. The van der Waals surface area contributed by atoms with Crippen LogP contribution in [0.4, 0.5) is 5.69 Å². The molecule has 0 fully saturated rings. The first-order valence-electron chi connectivity index (χ1n) is 5.78. The minimum absolute atomic E-state index is 0.356. The van der Waals surface area contributed by atoms with Gasteiger partial charge in [-0.2, -0.15) is 4.98 Å². The smallest absolute Gasteiger partial charge is 0.258 e. The highest BCUT2D eigenvalue weighted by atomic mass is 35.5. The molecule has 20 heavy (non-hydrogen) atoms. The van der Waals surface area contributed by atoms with Crippen LogP contribution >= 0.6 is 23.2 Å². The number of anilines is 1. The van der Waals surface area contributed by atoms with E-state index in [0.29, 0.717) is 33.0 Å². The molecular formula is C14H9Cl2N3O.